The third-order valence-corrected chi connectivity index (χ3v) is 6.52. The zero-order chi connectivity index (χ0) is 19.7. The van der Waals surface area contributed by atoms with E-state index in [1.807, 2.05) is 11.4 Å². The first-order valence-electron chi connectivity index (χ1n) is 9.69. The van der Waals surface area contributed by atoms with E-state index in [0.717, 1.165) is 17.4 Å². The molecule has 28 heavy (non-hydrogen) atoms. The Kier molecular flexibility index (Phi) is 5.17. The standard InChI is InChI=1S/C21H23N3O3S/c1-2-24-20(26)15-10-9-14(12-16(15)22-21(24)27)19(25)23-18(13-6-3-4-7-13)17-8-5-11-28-17/h5,8-13,18H,2-4,6-7H2,1H3,(H,22,27)(H,23,25). The van der Waals surface area contributed by atoms with Crippen molar-refractivity contribution in [3.63, 3.8) is 0 Å². The summed E-state index contributed by atoms with van der Waals surface area (Å²) in [5.41, 5.74) is 0.0350. The number of nitrogens with zero attached hydrogens (tertiary/aromatic N) is 1. The van der Waals surface area contributed by atoms with Crippen molar-refractivity contribution in [3.05, 3.63) is 67.0 Å². The van der Waals surface area contributed by atoms with Crippen molar-refractivity contribution in [3.8, 4) is 0 Å². The Balaban J connectivity index is 1.66. The maximum atomic E-state index is 13.0. The van der Waals surface area contributed by atoms with Crippen molar-refractivity contribution in [2.45, 2.75) is 45.2 Å². The van der Waals surface area contributed by atoms with Gasteiger partial charge in [-0.05, 0) is 55.3 Å². The average molecular weight is 398 g/mol. The van der Waals surface area contributed by atoms with Crippen LogP contribution >= 0.6 is 11.3 Å². The summed E-state index contributed by atoms with van der Waals surface area (Å²) in [7, 11) is 0. The SMILES string of the molecule is CCn1c(=O)[nH]c2cc(C(=O)NC(c3cccs3)C3CCCC3)ccc2c1=O. The first-order valence-corrected chi connectivity index (χ1v) is 10.6. The number of hydrogen-bond donors (Lipinski definition) is 2. The van der Waals surface area contributed by atoms with Crippen LogP contribution in [0.1, 0.15) is 53.9 Å². The molecule has 1 atom stereocenters. The summed E-state index contributed by atoms with van der Waals surface area (Å²) < 4.78 is 1.15. The average Bonchev–Trinajstić information content (AvgIpc) is 3.40. The van der Waals surface area contributed by atoms with E-state index in [2.05, 4.69) is 16.4 Å². The number of carbonyl (C=O) groups excluding carboxylic acids is 1. The molecule has 1 aliphatic rings. The fourth-order valence-corrected chi connectivity index (χ4v) is 4.96. The van der Waals surface area contributed by atoms with Crippen molar-refractivity contribution in [2.24, 2.45) is 5.92 Å². The van der Waals surface area contributed by atoms with Gasteiger partial charge >= 0.3 is 5.69 Å². The molecule has 0 aliphatic heterocycles. The molecule has 1 aliphatic carbocycles. The van der Waals surface area contributed by atoms with E-state index in [0.29, 0.717) is 28.9 Å². The molecular weight excluding hydrogens is 374 g/mol. The first kappa shape index (κ1) is 18.7. The molecule has 0 spiro atoms. The molecule has 6 nitrogen and oxygen atoms in total. The number of benzene rings is 1. The minimum absolute atomic E-state index is 0.00200. The summed E-state index contributed by atoms with van der Waals surface area (Å²) in [4.78, 5) is 41.3. The first-order chi connectivity index (χ1) is 13.6. The van der Waals surface area contributed by atoms with Gasteiger partial charge in [-0.1, -0.05) is 18.9 Å². The van der Waals surface area contributed by atoms with Gasteiger partial charge in [0.25, 0.3) is 11.5 Å². The lowest BCUT2D eigenvalue weighted by atomic mass is 9.96. The van der Waals surface area contributed by atoms with E-state index < -0.39 is 5.69 Å². The molecule has 146 valence electrons. The number of carbonyl (C=O) groups is 1. The molecular formula is C21H23N3O3S. The maximum absolute atomic E-state index is 13.0. The monoisotopic (exact) mass is 397 g/mol. The van der Waals surface area contributed by atoms with E-state index in [1.54, 1.807) is 36.5 Å². The predicted octanol–water partition coefficient (Wildman–Crippen LogP) is 3.43. The van der Waals surface area contributed by atoms with Gasteiger partial charge < -0.3 is 10.3 Å². The molecule has 0 saturated heterocycles. The highest BCUT2D eigenvalue weighted by Gasteiger charge is 2.28. The Morgan fingerprint density at radius 2 is 2.07 bits per heavy atom. The lowest BCUT2D eigenvalue weighted by Gasteiger charge is -2.24. The molecule has 1 unspecified atom stereocenters. The number of rotatable bonds is 5. The third kappa shape index (κ3) is 3.42. The highest BCUT2D eigenvalue weighted by Crippen LogP contribution is 2.37. The van der Waals surface area contributed by atoms with E-state index >= 15 is 0 Å². The van der Waals surface area contributed by atoms with Crippen molar-refractivity contribution >= 4 is 28.1 Å². The van der Waals surface area contributed by atoms with Crippen LogP contribution in [0.15, 0.2) is 45.3 Å². The summed E-state index contributed by atoms with van der Waals surface area (Å²) in [6.45, 7) is 2.05. The third-order valence-electron chi connectivity index (χ3n) is 5.57. The van der Waals surface area contributed by atoms with Crippen molar-refractivity contribution in [2.75, 3.05) is 0 Å². The molecule has 2 N–H and O–H groups in total. The second-order valence-corrected chi connectivity index (χ2v) is 8.23. The number of hydrogen-bond acceptors (Lipinski definition) is 4. The fourth-order valence-electron chi connectivity index (χ4n) is 4.09. The van der Waals surface area contributed by atoms with Crippen molar-refractivity contribution in [1.82, 2.24) is 14.9 Å². The van der Waals surface area contributed by atoms with Gasteiger partial charge in [-0.15, -0.1) is 11.3 Å². The van der Waals surface area contributed by atoms with Crippen LogP contribution in [-0.2, 0) is 6.54 Å². The van der Waals surface area contributed by atoms with Gasteiger partial charge in [-0.3, -0.25) is 14.2 Å². The van der Waals surface area contributed by atoms with Crippen LogP contribution in [0.2, 0.25) is 0 Å². The minimum Gasteiger partial charge on any atom is -0.344 e. The maximum Gasteiger partial charge on any atom is 0.328 e. The van der Waals surface area contributed by atoms with Gasteiger partial charge in [-0.25, -0.2) is 4.79 Å². The van der Waals surface area contributed by atoms with Crippen LogP contribution in [0.4, 0.5) is 0 Å². The lowest BCUT2D eigenvalue weighted by molar-refractivity contribution is 0.0923. The normalized spacial score (nSPS) is 15.8. The van der Waals surface area contributed by atoms with Crippen molar-refractivity contribution < 1.29 is 4.79 Å². The summed E-state index contributed by atoms with van der Waals surface area (Å²) in [6, 6.07) is 8.93. The molecule has 1 amide bonds. The number of aromatic nitrogens is 2. The molecule has 1 fully saturated rings. The second-order valence-electron chi connectivity index (χ2n) is 7.25. The van der Waals surface area contributed by atoms with Crippen LogP contribution in [0.25, 0.3) is 10.9 Å². The van der Waals surface area contributed by atoms with Gasteiger partial charge in [0.2, 0.25) is 0 Å². The highest BCUT2D eigenvalue weighted by atomic mass is 32.1. The van der Waals surface area contributed by atoms with Crippen LogP contribution in [0.3, 0.4) is 0 Å². The van der Waals surface area contributed by atoms with Gasteiger partial charge in [0, 0.05) is 17.0 Å². The van der Waals surface area contributed by atoms with Gasteiger partial charge in [-0.2, -0.15) is 0 Å². The van der Waals surface area contributed by atoms with Gasteiger partial charge in [0.1, 0.15) is 0 Å². The number of H-pyrrole nitrogens is 1. The van der Waals surface area contributed by atoms with Crippen LogP contribution in [0.5, 0.6) is 0 Å². The highest BCUT2D eigenvalue weighted by molar-refractivity contribution is 7.10. The largest absolute Gasteiger partial charge is 0.344 e. The minimum atomic E-state index is -0.458. The second kappa shape index (κ2) is 7.75. The molecule has 4 rings (SSSR count). The van der Waals surface area contributed by atoms with Gasteiger partial charge in [0.05, 0.1) is 16.9 Å². The Labute approximate surface area is 166 Å². The number of thiophene rings is 1. The van der Waals surface area contributed by atoms with Crippen LogP contribution in [0, 0.1) is 5.92 Å². The molecule has 2 aromatic heterocycles. The number of aromatic amines is 1. The Hall–Kier alpha value is -2.67. The van der Waals surface area contributed by atoms with Crippen LogP contribution < -0.4 is 16.6 Å². The number of amides is 1. The van der Waals surface area contributed by atoms with E-state index in [1.165, 1.54) is 17.7 Å². The smallest absolute Gasteiger partial charge is 0.328 e. The predicted molar refractivity (Wildman–Crippen MR) is 111 cm³/mol. The lowest BCUT2D eigenvalue weighted by Crippen LogP contribution is -2.35. The Bertz CT molecular complexity index is 1110. The molecule has 1 saturated carbocycles. The quantitative estimate of drug-likeness (QED) is 0.692. The molecule has 0 radical (unpaired) electrons. The molecule has 2 heterocycles. The molecule has 7 heteroatoms. The van der Waals surface area contributed by atoms with E-state index in [-0.39, 0.29) is 17.5 Å². The summed E-state index contributed by atoms with van der Waals surface area (Å²) in [5, 5.41) is 5.63. The number of fused-ring (bicyclic) bond motifs is 1. The Morgan fingerprint density at radius 3 is 2.75 bits per heavy atom. The topological polar surface area (TPSA) is 84.0 Å². The number of nitrogens with one attached hydrogen (secondary N) is 2. The van der Waals surface area contributed by atoms with E-state index in [9.17, 15) is 14.4 Å². The zero-order valence-electron chi connectivity index (χ0n) is 15.7. The summed E-state index contributed by atoms with van der Waals surface area (Å²) in [5.74, 6) is 0.257. The molecule has 3 aromatic rings. The summed E-state index contributed by atoms with van der Waals surface area (Å²) >= 11 is 1.66. The molecule has 1 aromatic carbocycles. The van der Waals surface area contributed by atoms with Gasteiger partial charge in [0.15, 0.2) is 0 Å². The Morgan fingerprint density at radius 1 is 1.29 bits per heavy atom. The van der Waals surface area contributed by atoms with Crippen molar-refractivity contribution in [1.29, 1.82) is 0 Å². The fraction of sp³-hybridized carbons (Fsp3) is 0.381. The van der Waals surface area contributed by atoms with Crippen LogP contribution in [-0.4, -0.2) is 15.5 Å². The summed E-state index contributed by atoms with van der Waals surface area (Å²) in [6.07, 6.45) is 4.63. The molecule has 0 bridgehead atoms. The van der Waals surface area contributed by atoms with E-state index in [4.69, 9.17) is 0 Å². The zero-order valence-corrected chi connectivity index (χ0v) is 16.6.